The van der Waals surface area contributed by atoms with Gasteiger partial charge in [-0.1, -0.05) is 25.1 Å². The van der Waals surface area contributed by atoms with E-state index in [4.69, 9.17) is 4.74 Å². The lowest BCUT2D eigenvalue weighted by molar-refractivity contribution is 0.240. The molecule has 0 N–H and O–H groups in total. The van der Waals surface area contributed by atoms with Gasteiger partial charge in [0.15, 0.2) is 0 Å². The number of aryl methyl sites for hydroxylation is 1. The molecule has 2 aromatic rings. The van der Waals surface area contributed by atoms with Crippen LogP contribution in [0.3, 0.4) is 0 Å². The lowest BCUT2D eigenvalue weighted by atomic mass is 10.2. The fourth-order valence-electron chi connectivity index (χ4n) is 1.96. The molecule has 2 rings (SSSR count). The number of hydrogen-bond donors (Lipinski definition) is 0. The number of thiazole rings is 1. The summed E-state index contributed by atoms with van der Waals surface area (Å²) in [6.07, 6.45) is 1.05. The number of benzene rings is 1. The first-order valence-corrected chi connectivity index (χ1v) is 9.48. The molecule has 0 saturated carbocycles. The average Bonchev–Trinajstić information content (AvgIpc) is 2.88. The number of para-hydroxylation sites is 1. The molecule has 0 unspecified atom stereocenters. The molecule has 0 radical (unpaired) electrons. The Morgan fingerprint density at radius 3 is 2.71 bits per heavy atom. The van der Waals surface area contributed by atoms with E-state index in [1.54, 1.807) is 11.3 Å². The topological polar surface area (TPSA) is 39.2 Å². The van der Waals surface area contributed by atoms with Crippen molar-refractivity contribution >= 4 is 22.1 Å². The summed E-state index contributed by atoms with van der Waals surface area (Å²) in [5, 5.41) is 3.11. The Morgan fingerprint density at radius 2 is 2.05 bits per heavy atom. The van der Waals surface area contributed by atoms with E-state index in [1.165, 1.54) is 0 Å². The molecule has 1 aromatic carbocycles. The summed E-state index contributed by atoms with van der Waals surface area (Å²) < 4.78 is 18.1. The smallest absolute Gasteiger partial charge is 0.123 e. The summed E-state index contributed by atoms with van der Waals surface area (Å²) in [4.78, 5) is 4.48. The van der Waals surface area contributed by atoms with E-state index in [0.717, 1.165) is 28.4 Å². The van der Waals surface area contributed by atoms with Gasteiger partial charge in [0, 0.05) is 21.7 Å². The zero-order chi connectivity index (χ0) is 15.2. The van der Waals surface area contributed by atoms with Gasteiger partial charge in [-0.3, -0.25) is 4.21 Å². The van der Waals surface area contributed by atoms with Crippen LogP contribution in [0.25, 0.3) is 0 Å². The van der Waals surface area contributed by atoms with Gasteiger partial charge < -0.3 is 4.74 Å². The third-order valence-electron chi connectivity index (χ3n) is 2.86. The van der Waals surface area contributed by atoms with Crippen LogP contribution in [0, 0.1) is 0 Å². The van der Waals surface area contributed by atoms with Gasteiger partial charge in [-0.15, -0.1) is 11.3 Å². The third-order valence-corrected chi connectivity index (χ3v) is 5.16. The van der Waals surface area contributed by atoms with Gasteiger partial charge in [0.2, 0.25) is 0 Å². The highest BCUT2D eigenvalue weighted by molar-refractivity contribution is 7.83. The molecular formula is C16H21NO2S2. The van der Waals surface area contributed by atoms with Crippen molar-refractivity contribution in [2.45, 2.75) is 44.8 Å². The van der Waals surface area contributed by atoms with E-state index in [9.17, 15) is 4.21 Å². The number of ether oxygens (including phenoxy) is 1. The van der Waals surface area contributed by atoms with Crippen LogP contribution in [0.4, 0.5) is 0 Å². The molecule has 21 heavy (non-hydrogen) atoms. The third kappa shape index (κ3) is 4.93. The first kappa shape index (κ1) is 16.2. The molecule has 0 aliphatic carbocycles. The molecule has 0 bridgehead atoms. The largest absolute Gasteiger partial charge is 0.491 e. The Labute approximate surface area is 132 Å². The van der Waals surface area contributed by atoms with Crippen molar-refractivity contribution in [3.05, 3.63) is 45.9 Å². The highest BCUT2D eigenvalue weighted by atomic mass is 32.2. The van der Waals surface area contributed by atoms with Crippen LogP contribution < -0.4 is 4.74 Å². The maximum absolute atomic E-state index is 12.3. The molecule has 1 heterocycles. The minimum absolute atomic E-state index is 0.116. The van der Waals surface area contributed by atoms with Gasteiger partial charge in [0.25, 0.3) is 0 Å². The van der Waals surface area contributed by atoms with E-state index in [1.807, 2.05) is 43.5 Å². The maximum atomic E-state index is 12.3. The van der Waals surface area contributed by atoms with Gasteiger partial charge in [-0.2, -0.15) is 0 Å². The van der Waals surface area contributed by atoms with Gasteiger partial charge in [0.1, 0.15) is 5.75 Å². The predicted octanol–water partition coefficient (Wildman–Crippen LogP) is 3.94. The fraction of sp³-hybridized carbons (Fsp3) is 0.438. The Balaban J connectivity index is 2.02. The summed E-state index contributed by atoms with van der Waals surface area (Å²) in [7, 11) is -0.972. The highest BCUT2D eigenvalue weighted by Gasteiger charge is 2.11. The minimum Gasteiger partial charge on any atom is -0.491 e. The summed E-state index contributed by atoms with van der Waals surface area (Å²) in [6, 6.07) is 7.81. The standard InChI is InChI=1S/C16H21NO2S2/c1-4-16-17-14(9-20-16)11-21(18)10-13-7-5-6-8-15(13)19-12(2)3/h5-9,12H,4,10-11H2,1-3H3/t21-/m0/s1. The SMILES string of the molecule is CCc1nc(C[S@@](=O)Cc2ccccc2OC(C)C)cs1. The van der Waals surface area contributed by atoms with Crippen LogP contribution in [0.1, 0.15) is 37.0 Å². The quantitative estimate of drug-likeness (QED) is 0.774. The van der Waals surface area contributed by atoms with Crippen LogP contribution in [-0.4, -0.2) is 15.3 Å². The molecule has 0 spiro atoms. The number of nitrogens with zero attached hydrogens (tertiary/aromatic N) is 1. The van der Waals surface area contributed by atoms with Crippen LogP contribution in [-0.2, 0) is 28.7 Å². The molecule has 114 valence electrons. The van der Waals surface area contributed by atoms with E-state index in [0.29, 0.717) is 11.5 Å². The Hall–Kier alpha value is -1.20. The Kier molecular flexibility index (Phi) is 5.94. The van der Waals surface area contributed by atoms with E-state index < -0.39 is 10.8 Å². The lowest BCUT2D eigenvalue weighted by Gasteiger charge is -2.13. The predicted molar refractivity (Wildman–Crippen MR) is 89.2 cm³/mol. The highest BCUT2D eigenvalue weighted by Crippen LogP contribution is 2.22. The number of rotatable bonds is 7. The van der Waals surface area contributed by atoms with Crippen LogP contribution in [0.5, 0.6) is 5.75 Å². The number of hydrogen-bond acceptors (Lipinski definition) is 4. The van der Waals surface area contributed by atoms with Gasteiger partial charge in [-0.25, -0.2) is 4.98 Å². The molecule has 1 atom stereocenters. The van der Waals surface area contributed by atoms with E-state index in [2.05, 4.69) is 11.9 Å². The molecule has 5 heteroatoms. The summed E-state index contributed by atoms with van der Waals surface area (Å²) >= 11 is 1.64. The number of aromatic nitrogens is 1. The molecule has 0 aliphatic heterocycles. The van der Waals surface area contributed by atoms with Crippen LogP contribution in [0.15, 0.2) is 29.6 Å². The first-order chi connectivity index (χ1) is 10.1. The molecular weight excluding hydrogens is 302 g/mol. The minimum atomic E-state index is -0.972. The second kappa shape index (κ2) is 7.71. The van der Waals surface area contributed by atoms with E-state index >= 15 is 0 Å². The van der Waals surface area contributed by atoms with Gasteiger partial charge >= 0.3 is 0 Å². The normalized spacial score (nSPS) is 12.6. The van der Waals surface area contributed by atoms with Crippen molar-refractivity contribution in [3.63, 3.8) is 0 Å². The van der Waals surface area contributed by atoms with Crippen LogP contribution >= 0.6 is 11.3 Å². The fourth-order valence-corrected chi connectivity index (χ4v) is 3.97. The second-order valence-electron chi connectivity index (χ2n) is 5.09. The second-order valence-corrected chi connectivity index (χ2v) is 7.49. The van der Waals surface area contributed by atoms with Crippen molar-refractivity contribution in [1.82, 2.24) is 4.98 Å². The lowest BCUT2D eigenvalue weighted by Crippen LogP contribution is -2.09. The zero-order valence-corrected chi connectivity index (χ0v) is 14.3. The summed E-state index contributed by atoms with van der Waals surface area (Å²) in [5.74, 6) is 1.84. The average molecular weight is 323 g/mol. The molecule has 0 fully saturated rings. The van der Waals surface area contributed by atoms with Crippen molar-refractivity contribution in [2.24, 2.45) is 0 Å². The molecule has 3 nitrogen and oxygen atoms in total. The van der Waals surface area contributed by atoms with Crippen molar-refractivity contribution in [3.8, 4) is 5.75 Å². The summed E-state index contributed by atoms with van der Waals surface area (Å²) in [6.45, 7) is 6.07. The van der Waals surface area contributed by atoms with Crippen molar-refractivity contribution in [2.75, 3.05) is 0 Å². The van der Waals surface area contributed by atoms with Crippen molar-refractivity contribution < 1.29 is 8.95 Å². The molecule has 0 saturated heterocycles. The maximum Gasteiger partial charge on any atom is 0.123 e. The van der Waals surface area contributed by atoms with E-state index in [-0.39, 0.29) is 6.10 Å². The van der Waals surface area contributed by atoms with Crippen LogP contribution in [0.2, 0.25) is 0 Å². The summed E-state index contributed by atoms with van der Waals surface area (Å²) in [5.41, 5.74) is 1.92. The molecule has 0 aliphatic rings. The van der Waals surface area contributed by atoms with Gasteiger partial charge in [-0.05, 0) is 26.3 Å². The van der Waals surface area contributed by atoms with Gasteiger partial charge in [0.05, 0.1) is 28.3 Å². The monoisotopic (exact) mass is 323 g/mol. The Morgan fingerprint density at radius 1 is 1.29 bits per heavy atom. The Bertz CT molecular complexity index is 608. The van der Waals surface area contributed by atoms with Crippen molar-refractivity contribution in [1.29, 1.82) is 0 Å². The molecule has 0 amide bonds. The zero-order valence-electron chi connectivity index (χ0n) is 12.7. The first-order valence-electron chi connectivity index (χ1n) is 7.11. The molecule has 1 aromatic heterocycles.